The molecule has 1 amide bonds. The average molecular weight is 306 g/mol. The van der Waals surface area contributed by atoms with Crippen molar-refractivity contribution >= 4 is 5.91 Å². The predicted molar refractivity (Wildman–Crippen MR) is 91.1 cm³/mol. The molecule has 1 rings (SSSR count). The van der Waals surface area contributed by atoms with Gasteiger partial charge in [0.2, 0.25) is 5.91 Å². The molecule has 2 N–H and O–H groups in total. The van der Waals surface area contributed by atoms with E-state index in [1.807, 2.05) is 26.1 Å². The number of hydrogen-bond donors (Lipinski definition) is 2. The van der Waals surface area contributed by atoms with Crippen molar-refractivity contribution in [3.05, 3.63) is 29.3 Å². The third kappa shape index (κ3) is 6.48. The first-order valence-corrected chi connectivity index (χ1v) is 8.23. The van der Waals surface area contributed by atoms with Crippen LogP contribution in [0, 0.1) is 12.8 Å². The number of carbonyl (C=O) groups excluding carboxylic acids is 1. The van der Waals surface area contributed by atoms with Gasteiger partial charge in [-0.1, -0.05) is 38.8 Å². The molecule has 0 aromatic heterocycles. The molecule has 22 heavy (non-hydrogen) atoms. The molecule has 1 atom stereocenters. The number of hydrogen-bond acceptors (Lipinski definition) is 3. The summed E-state index contributed by atoms with van der Waals surface area (Å²) in [7, 11) is 1.85. The van der Waals surface area contributed by atoms with Crippen molar-refractivity contribution in [3.63, 3.8) is 0 Å². The second-order valence-corrected chi connectivity index (χ2v) is 5.84. The average Bonchev–Trinajstić information content (AvgIpc) is 2.50. The third-order valence-corrected chi connectivity index (χ3v) is 3.64. The van der Waals surface area contributed by atoms with Crippen molar-refractivity contribution in [3.8, 4) is 5.75 Å². The van der Waals surface area contributed by atoms with E-state index >= 15 is 0 Å². The second kappa shape index (κ2) is 10.2. The van der Waals surface area contributed by atoms with Crippen LogP contribution in [0.15, 0.2) is 18.2 Å². The lowest BCUT2D eigenvalue weighted by molar-refractivity contribution is -0.124. The minimum absolute atomic E-state index is 0.0376. The molecule has 0 aliphatic rings. The molecule has 1 unspecified atom stereocenters. The van der Waals surface area contributed by atoms with Crippen molar-refractivity contribution in [2.75, 3.05) is 20.2 Å². The van der Waals surface area contributed by atoms with Gasteiger partial charge in [-0.2, -0.15) is 0 Å². The predicted octanol–water partition coefficient (Wildman–Crippen LogP) is 3.04. The summed E-state index contributed by atoms with van der Waals surface area (Å²) in [5.74, 6) is 0.911. The summed E-state index contributed by atoms with van der Waals surface area (Å²) < 4.78 is 5.90. The maximum Gasteiger partial charge on any atom is 0.224 e. The van der Waals surface area contributed by atoms with E-state index < -0.39 is 0 Å². The van der Waals surface area contributed by atoms with Crippen LogP contribution < -0.4 is 15.4 Å². The lowest BCUT2D eigenvalue weighted by Crippen LogP contribution is -2.34. The van der Waals surface area contributed by atoms with E-state index in [2.05, 4.69) is 30.5 Å². The van der Waals surface area contributed by atoms with Gasteiger partial charge < -0.3 is 15.4 Å². The summed E-state index contributed by atoms with van der Waals surface area (Å²) in [4.78, 5) is 12.0. The molecule has 0 radical (unpaired) electrons. The summed E-state index contributed by atoms with van der Waals surface area (Å²) in [6.07, 6.45) is 3.43. The van der Waals surface area contributed by atoms with Crippen LogP contribution in [0.2, 0.25) is 0 Å². The highest BCUT2D eigenvalue weighted by molar-refractivity contribution is 5.78. The van der Waals surface area contributed by atoms with Gasteiger partial charge in [0.25, 0.3) is 0 Å². The number of unbranched alkanes of at least 4 members (excludes halogenated alkanes) is 2. The standard InChI is InChI=1S/C18H30N2O2/c1-5-6-7-10-22-17-11-14(2)8-9-16(17)13-20-18(21)15(3)12-19-4/h8-9,11,15,19H,5-7,10,12-13H2,1-4H3,(H,20,21). The van der Waals surface area contributed by atoms with Crippen LogP contribution >= 0.6 is 0 Å². The van der Waals surface area contributed by atoms with E-state index in [4.69, 9.17) is 4.74 Å². The smallest absolute Gasteiger partial charge is 0.224 e. The normalized spacial score (nSPS) is 12.0. The number of ether oxygens (including phenoxy) is 1. The first-order valence-electron chi connectivity index (χ1n) is 8.23. The van der Waals surface area contributed by atoms with Gasteiger partial charge in [0, 0.05) is 24.6 Å². The number of rotatable bonds is 10. The number of amides is 1. The van der Waals surface area contributed by atoms with Crippen molar-refractivity contribution < 1.29 is 9.53 Å². The lowest BCUT2D eigenvalue weighted by Gasteiger charge is -2.15. The molecule has 1 aromatic rings. The van der Waals surface area contributed by atoms with Crippen LogP contribution in [0.5, 0.6) is 5.75 Å². The third-order valence-electron chi connectivity index (χ3n) is 3.64. The van der Waals surface area contributed by atoms with E-state index in [-0.39, 0.29) is 11.8 Å². The van der Waals surface area contributed by atoms with Crippen molar-refractivity contribution in [2.45, 2.75) is 46.6 Å². The fourth-order valence-electron chi connectivity index (χ4n) is 2.23. The van der Waals surface area contributed by atoms with Crippen LogP contribution in [-0.4, -0.2) is 26.1 Å². The quantitative estimate of drug-likeness (QED) is 0.653. The largest absolute Gasteiger partial charge is 0.493 e. The molecule has 0 aliphatic heterocycles. The Bertz CT molecular complexity index is 460. The van der Waals surface area contributed by atoms with Crippen molar-refractivity contribution in [1.29, 1.82) is 0 Å². The first kappa shape index (κ1) is 18.5. The number of benzene rings is 1. The van der Waals surface area contributed by atoms with Crippen LogP contribution in [0.25, 0.3) is 0 Å². The van der Waals surface area contributed by atoms with Gasteiger partial charge in [0.05, 0.1) is 6.61 Å². The molecule has 0 aliphatic carbocycles. The fraction of sp³-hybridized carbons (Fsp3) is 0.611. The minimum Gasteiger partial charge on any atom is -0.493 e. The molecule has 124 valence electrons. The molecule has 0 heterocycles. The maximum atomic E-state index is 12.0. The van der Waals surface area contributed by atoms with Gasteiger partial charge in [-0.15, -0.1) is 0 Å². The summed E-state index contributed by atoms with van der Waals surface area (Å²) in [5.41, 5.74) is 2.20. The zero-order valence-electron chi connectivity index (χ0n) is 14.4. The molecule has 4 nitrogen and oxygen atoms in total. The lowest BCUT2D eigenvalue weighted by atomic mass is 10.1. The second-order valence-electron chi connectivity index (χ2n) is 5.84. The summed E-state index contributed by atoms with van der Waals surface area (Å²) in [5, 5.41) is 6.01. The summed E-state index contributed by atoms with van der Waals surface area (Å²) in [6, 6.07) is 6.13. The number of carbonyl (C=O) groups is 1. The Morgan fingerprint density at radius 1 is 1.32 bits per heavy atom. The van der Waals surface area contributed by atoms with E-state index in [9.17, 15) is 4.79 Å². The highest BCUT2D eigenvalue weighted by Crippen LogP contribution is 2.21. The molecular weight excluding hydrogens is 276 g/mol. The van der Waals surface area contributed by atoms with Crippen LogP contribution in [-0.2, 0) is 11.3 Å². The molecule has 0 fully saturated rings. The zero-order valence-corrected chi connectivity index (χ0v) is 14.4. The van der Waals surface area contributed by atoms with Crippen LogP contribution in [0.3, 0.4) is 0 Å². The molecule has 0 saturated heterocycles. The van der Waals surface area contributed by atoms with Crippen LogP contribution in [0.4, 0.5) is 0 Å². The van der Waals surface area contributed by atoms with E-state index in [0.29, 0.717) is 13.1 Å². The highest BCUT2D eigenvalue weighted by atomic mass is 16.5. The molecule has 0 spiro atoms. The molecule has 0 bridgehead atoms. The Hall–Kier alpha value is -1.55. The topological polar surface area (TPSA) is 50.4 Å². The highest BCUT2D eigenvalue weighted by Gasteiger charge is 2.12. The zero-order chi connectivity index (χ0) is 16.4. The number of nitrogens with one attached hydrogen (secondary N) is 2. The fourth-order valence-corrected chi connectivity index (χ4v) is 2.23. The van der Waals surface area contributed by atoms with Gasteiger partial charge in [-0.05, 0) is 32.0 Å². The van der Waals surface area contributed by atoms with Gasteiger partial charge in [-0.3, -0.25) is 4.79 Å². The molecule has 4 heteroatoms. The Kier molecular flexibility index (Phi) is 8.60. The minimum atomic E-state index is -0.0376. The summed E-state index contributed by atoms with van der Waals surface area (Å²) in [6.45, 7) is 8.07. The van der Waals surface area contributed by atoms with E-state index in [1.165, 1.54) is 18.4 Å². The molecule has 1 aromatic carbocycles. The Morgan fingerprint density at radius 2 is 2.09 bits per heavy atom. The van der Waals surface area contributed by atoms with Gasteiger partial charge in [-0.25, -0.2) is 0 Å². The SMILES string of the molecule is CCCCCOc1cc(C)ccc1CNC(=O)C(C)CNC. The Morgan fingerprint density at radius 3 is 2.77 bits per heavy atom. The van der Waals surface area contributed by atoms with Crippen molar-refractivity contribution in [2.24, 2.45) is 5.92 Å². The van der Waals surface area contributed by atoms with E-state index in [0.717, 1.165) is 24.3 Å². The first-order chi connectivity index (χ1) is 10.6. The van der Waals surface area contributed by atoms with Crippen molar-refractivity contribution in [1.82, 2.24) is 10.6 Å². The maximum absolute atomic E-state index is 12.0. The summed E-state index contributed by atoms with van der Waals surface area (Å²) >= 11 is 0. The van der Waals surface area contributed by atoms with Crippen LogP contribution in [0.1, 0.15) is 44.2 Å². The van der Waals surface area contributed by atoms with Gasteiger partial charge >= 0.3 is 0 Å². The van der Waals surface area contributed by atoms with Gasteiger partial charge in [0.15, 0.2) is 0 Å². The Labute approximate surface area is 134 Å². The monoisotopic (exact) mass is 306 g/mol. The van der Waals surface area contributed by atoms with Gasteiger partial charge in [0.1, 0.15) is 5.75 Å². The Balaban J connectivity index is 2.59. The number of aryl methyl sites for hydroxylation is 1. The van der Waals surface area contributed by atoms with E-state index in [1.54, 1.807) is 0 Å². The molecule has 0 saturated carbocycles. The molecular formula is C18H30N2O2.